The van der Waals surface area contributed by atoms with E-state index >= 15 is 0 Å². The number of halogens is 1. The second kappa shape index (κ2) is 3.98. The fourth-order valence-corrected chi connectivity index (χ4v) is 0.814. The van der Waals surface area contributed by atoms with Gasteiger partial charge in [0.25, 0.3) is 0 Å². The zero-order valence-corrected chi connectivity index (χ0v) is 6.97. The summed E-state index contributed by atoms with van der Waals surface area (Å²) in [4.78, 5) is 0. The van der Waals surface area contributed by atoms with Crippen LogP contribution in [0.15, 0.2) is 29.4 Å². The number of benzene rings is 1. The third-order valence-corrected chi connectivity index (χ3v) is 1.46. The summed E-state index contributed by atoms with van der Waals surface area (Å²) >= 11 is 5.69. The van der Waals surface area contributed by atoms with Crippen molar-refractivity contribution in [2.75, 3.05) is 7.05 Å². The summed E-state index contributed by atoms with van der Waals surface area (Å²) in [7, 11) is 1.76. The van der Waals surface area contributed by atoms with Gasteiger partial charge >= 0.3 is 0 Å². The van der Waals surface area contributed by atoms with E-state index in [1.807, 2.05) is 24.3 Å². The maximum absolute atomic E-state index is 5.69. The van der Waals surface area contributed by atoms with Crippen LogP contribution in [0.4, 0.5) is 0 Å². The van der Waals surface area contributed by atoms with Crippen molar-refractivity contribution in [1.29, 1.82) is 0 Å². The van der Waals surface area contributed by atoms with Crippen LogP contribution in [0.5, 0.6) is 0 Å². The van der Waals surface area contributed by atoms with Gasteiger partial charge in [0.05, 0.1) is 6.21 Å². The Kier molecular flexibility index (Phi) is 2.93. The Morgan fingerprint density at radius 3 is 2.55 bits per heavy atom. The summed E-state index contributed by atoms with van der Waals surface area (Å²) in [6.45, 7) is 0. The van der Waals surface area contributed by atoms with Gasteiger partial charge < -0.3 is 5.43 Å². The Balaban J connectivity index is 2.73. The summed E-state index contributed by atoms with van der Waals surface area (Å²) in [6, 6.07) is 7.48. The number of nitrogens with one attached hydrogen (secondary N) is 1. The third-order valence-electron chi connectivity index (χ3n) is 1.21. The van der Waals surface area contributed by atoms with E-state index in [9.17, 15) is 0 Å². The molecule has 0 saturated heterocycles. The number of hydrogen-bond donors (Lipinski definition) is 1. The first-order valence-corrected chi connectivity index (χ1v) is 3.66. The number of rotatable bonds is 2. The Hall–Kier alpha value is -1.02. The van der Waals surface area contributed by atoms with Crippen molar-refractivity contribution < 1.29 is 0 Å². The Bertz CT molecular complexity index is 241. The van der Waals surface area contributed by atoms with E-state index in [1.165, 1.54) is 0 Å². The first kappa shape index (κ1) is 8.08. The van der Waals surface area contributed by atoms with Gasteiger partial charge in [-0.2, -0.15) is 5.10 Å². The molecule has 2 nitrogen and oxygen atoms in total. The molecule has 0 radical (unpaired) electrons. The van der Waals surface area contributed by atoms with Gasteiger partial charge in [-0.25, -0.2) is 0 Å². The average Bonchev–Trinajstić information content (AvgIpc) is 2.04. The molecule has 0 unspecified atom stereocenters. The second-order valence-corrected chi connectivity index (χ2v) is 2.47. The lowest BCUT2D eigenvalue weighted by molar-refractivity contribution is 0.908. The van der Waals surface area contributed by atoms with Gasteiger partial charge in [0.2, 0.25) is 0 Å². The van der Waals surface area contributed by atoms with Crippen LogP contribution in [-0.2, 0) is 0 Å². The normalized spacial score (nSPS) is 10.4. The molecule has 0 saturated carbocycles. The standard InChI is InChI=1S/C8H9ClN2/c1-10-11-6-7-2-4-8(9)5-3-7/h2-6,10H,1H3. The molecular formula is C8H9ClN2. The molecule has 0 atom stereocenters. The molecule has 0 amide bonds. The van der Waals surface area contributed by atoms with Gasteiger partial charge in [0.1, 0.15) is 0 Å². The lowest BCUT2D eigenvalue weighted by Gasteiger charge is -1.91. The molecule has 0 aliphatic carbocycles. The maximum Gasteiger partial charge on any atom is 0.0540 e. The van der Waals surface area contributed by atoms with E-state index in [4.69, 9.17) is 11.6 Å². The summed E-state index contributed by atoms with van der Waals surface area (Å²) in [5.41, 5.74) is 3.70. The van der Waals surface area contributed by atoms with Crippen molar-refractivity contribution in [3.63, 3.8) is 0 Å². The van der Waals surface area contributed by atoms with E-state index < -0.39 is 0 Å². The van der Waals surface area contributed by atoms with Crippen LogP contribution in [0.1, 0.15) is 5.56 Å². The van der Waals surface area contributed by atoms with Gasteiger partial charge in [-0.15, -0.1) is 0 Å². The van der Waals surface area contributed by atoms with E-state index in [-0.39, 0.29) is 0 Å². The molecule has 11 heavy (non-hydrogen) atoms. The van der Waals surface area contributed by atoms with Crippen LogP contribution >= 0.6 is 11.6 Å². The molecule has 0 bridgehead atoms. The molecule has 1 aromatic rings. The van der Waals surface area contributed by atoms with Crippen molar-refractivity contribution in [2.45, 2.75) is 0 Å². The van der Waals surface area contributed by atoms with Crippen molar-refractivity contribution in [3.8, 4) is 0 Å². The monoisotopic (exact) mass is 168 g/mol. The average molecular weight is 169 g/mol. The first-order chi connectivity index (χ1) is 5.33. The highest BCUT2D eigenvalue weighted by atomic mass is 35.5. The zero-order chi connectivity index (χ0) is 8.10. The molecule has 1 aromatic carbocycles. The molecule has 0 aliphatic heterocycles. The fraction of sp³-hybridized carbons (Fsp3) is 0.125. The summed E-state index contributed by atoms with van der Waals surface area (Å²) in [5.74, 6) is 0. The molecule has 0 heterocycles. The van der Waals surface area contributed by atoms with Crippen LogP contribution in [0.25, 0.3) is 0 Å². The smallest absolute Gasteiger partial charge is 0.0540 e. The molecule has 58 valence electrons. The van der Waals surface area contributed by atoms with Crippen molar-refractivity contribution in [1.82, 2.24) is 5.43 Å². The quantitative estimate of drug-likeness (QED) is 0.530. The minimum absolute atomic E-state index is 0.742. The SMILES string of the molecule is CNN=Cc1ccc(Cl)cc1. The van der Waals surface area contributed by atoms with Crippen LogP contribution < -0.4 is 5.43 Å². The van der Waals surface area contributed by atoms with Crippen molar-refractivity contribution in [3.05, 3.63) is 34.9 Å². The maximum atomic E-state index is 5.69. The Morgan fingerprint density at radius 1 is 1.36 bits per heavy atom. The zero-order valence-electron chi connectivity index (χ0n) is 6.21. The predicted molar refractivity (Wildman–Crippen MR) is 48.1 cm³/mol. The number of hydrogen-bond acceptors (Lipinski definition) is 2. The first-order valence-electron chi connectivity index (χ1n) is 3.28. The van der Waals surface area contributed by atoms with Crippen LogP contribution in [0, 0.1) is 0 Å². The molecular weight excluding hydrogens is 160 g/mol. The van der Waals surface area contributed by atoms with Crippen LogP contribution in [-0.4, -0.2) is 13.3 Å². The van der Waals surface area contributed by atoms with Gasteiger partial charge in [-0.3, -0.25) is 0 Å². The van der Waals surface area contributed by atoms with Crippen molar-refractivity contribution in [2.24, 2.45) is 5.10 Å². The number of hydrazone groups is 1. The van der Waals surface area contributed by atoms with Crippen molar-refractivity contribution >= 4 is 17.8 Å². The van der Waals surface area contributed by atoms with E-state index in [1.54, 1.807) is 13.3 Å². The predicted octanol–water partition coefficient (Wildman–Crippen LogP) is 1.89. The highest BCUT2D eigenvalue weighted by Crippen LogP contribution is 2.07. The molecule has 0 spiro atoms. The third kappa shape index (κ3) is 2.60. The van der Waals surface area contributed by atoms with E-state index in [0.29, 0.717) is 0 Å². The Labute approximate surface area is 70.9 Å². The largest absolute Gasteiger partial charge is 0.313 e. The summed E-state index contributed by atoms with van der Waals surface area (Å²) in [5, 5.41) is 4.60. The van der Waals surface area contributed by atoms with Gasteiger partial charge in [0, 0.05) is 12.1 Å². The van der Waals surface area contributed by atoms with Crippen LogP contribution in [0.3, 0.4) is 0 Å². The highest BCUT2D eigenvalue weighted by Gasteiger charge is 1.86. The molecule has 0 aliphatic rings. The lowest BCUT2D eigenvalue weighted by Crippen LogP contribution is -1.94. The van der Waals surface area contributed by atoms with Crippen LogP contribution in [0.2, 0.25) is 5.02 Å². The Morgan fingerprint density at radius 2 is 2.00 bits per heavy atom. The van der Waals surface area contributed by atoms with Gasteiger partial charge in [-0.05, 0) is 17.7 Å². The van der Waals surface area contributed by atoms with Gasteiger partial charge in [-0.1, -0.05) is 23.7 Å². The molecule has 1 N–H and O–H groups in total. The summed E-state index contributed by atoms with van der Waals surface area (Å²) < 4.78 is 0. The highest BCUT2D eigenvalue weighted by molar-refractivity contribution is 6.30. The summed E-state index contributed by atoms with van der Waals surface area (Å²) in [6.07, 6.45) is 1.73. The van der Waals surface area contributed by atoms with E-state index in [0.717, 1.165) is 10.6 Å². The fourth-order valence-electron chi connectivity index (χ4n) is 0.688. The molecule has 0 aromatic heterocycles. The lowest BCUT2D eigenvalue weighted by atomic mass is 10.2. The molecule has 3 heteroatoms. The second-order valence-electron chi connectivity index (χ2n) is 2.03. The van der Waals surface area contributed by atoms with Gasteiger partial charge in [0.15, 0.2) is 0 Å². The van der Waals surface area contributed by atoms with E-state index in [2.05, 4.69) is 10.5 Å². The number of nitrogens with zero attached hydrogens (tertiary/aromatic N) is 1. The molecule has 0 fully saturated rings. The topological polar surface area (TPSA) is 24.4 Å². The minimum Gasteiger partial charge on any atom is -0.313 e. The molecule has 1 rings (SSSR count). The minimum atomic E-state index is 0.742.